The van der Waals surface area contributed by atoms with Gasteiger partial charge in [-0.25, -0.2) is 4.39 Å². The van der Waals surface area contributed by atoms with Gasteiger partial charge in [-0.1, -0.05) is 99.1 Å². The molecular weight excluding hydrogens is 411 g/mol. The van der Waals surface area contributed by atoms with Crippen molar-refractivity contribution in [3.8, 4) is 39.1 Å². The van der Waals surface area contributed by atoms with E-state index < -0.39 is 11.6 Å². The van der Waals surface area contributed by atoms with Gasteiger partial charge in [0.15, 0.2) is 17.3 Å². The van der Waals surface area contributed by atoms with E-state index in [0.29, 0.717) is 5.56 Å². The van der Waals surface area contributed by atoms with Crippen molar-refractivity contribution in [2.24, 2.45) is 0 Å². The number of benzene rings is 4. The molecule has 0 saturated carbocycles. The minimum absolute atomic E-state index is 0.0236. The Kier molecular flexibility index (Phi) is 6.69. The van der Waals surface area contributed by atoms with Gasteiger partial charge in [0.05, 0.1) is 5.56 Å². The fraction of sp³-hybridized carbons (Fsp3) is 0.167. The minimum atomic E-state index is -0.767. The largest absolute Gasteiger partial charge is 0.504 e. The fourth-order valence-corrected chi connectivity index (χ4v) is 4.05. The number of hydrogen-bond acceptors (Lipinski definition) is 2. The summed E-state index contributed by atoms with van der Waals surface area (Å²) in [6.07, 6.45) is 2.45. The molecule has 0 unspecified atom stereocenters. The van der Waals surface area contributed by atoms with Gasteiger partial charge in [0.1, 0.15) is 0 Å². The Hall–Kier alpha value is -3.72. The topological polar surface area (TPSA) is 37.3 Å². The highest BCUT2D eigenvalue weighted by atomic mass is 19.1. The Morgan fingerprint density at radius 3 is 1.61 bits per heavy atom. The van der Waals surface area contributed by atoms with E-state index in [-0.39, 0.29) is 23.3 Å². The molecule has 4 aromatic carbocycles. The summed E-state index contributed by atoms with van der Waals surface area (Å²) in [5, 5.41) is 10.1. The molecule has 0 radical (unpaired) electrons. The van der Waals surface area contributed by atoms with E-state index in [2.05, 4.69) is 55.5 Å². The van der Waals surface area contributed by atoms with E-state index in [1.54, 1.807) is 13.0 Å². The van der Waals surface area contributed by atoms with Crippen LogP contribution in [0.15, 0.2) is 84.9 Å². The lowest BCUT2D eigenvalue weighted by Gasteiger charge is -2.10. The standard InChI is InChI=1S/C30H27FO2/c1-3-5-20-6-8-21(9-7-20)22-10-12-23(13-11-22)24-14-16-25(17-15-24)26-18-19-27(28(32)4-2)30(33)29(26)31/h6-19,33H,3-5H2,1-2H3. The maximum absolute atomic E-state index is 14.7. The van der Waals surface area contributed by atoms with E-state index in [0.717, 1.165) is 29.5 Å². The third-order valence-corrected chi connectivity index (χ3v) is 5.98. The smallest absolute Gasteiger partial charge is 0.173 e. The number of aromatic hydroxyl groups is 1. The normalized spacial score (nSPS) is 10.9. The second-order valence-electron chi connectivity index (χ2n) is 8.20. The number of carbonyl (C=O) groups is 1. The lowest BCUT2D eigenvalue weighted by Crippen LogP contribution is -1.99. The third-order valence-electron chi connectivity index (χ3n) is 5.98. The molecule has 0 spiro atoms. The number of aryl methyl sites for hydroxylation is 1. The molecule has 0 saturated heterocycles. The first-order valence-corrected chi connectivity index (χ1v) is 11.4. The summed E-state index contributed by atoms with van der Waals surface area (Å²) >= 11 is 0. The lowest BCUT2D eigenvalue weighted by atomic mass is 9.96. The Bertz CT molecular complexity index is 1250. The maximum Gasteiger partial charge on any atom is 0.173 e. The second kappa shape index (κ2) is 9.83. The average Bonchev–Trinajstić information content (AvgIpc) is 2.86. The third kappa shape index (κ3) is 4.73. The Morgan fingerprint density at radius 1 is 0.697 bits per heavy atom. The number of rotatable bonds is 7. The van der Waals surface area contributed by atoms with Crippen molar-refractivity contribution in [3.63, 3.8) is 0 Å². The number of carbonyl (C=O) groups excluding carboxylic acids is 1. The molecule has 4 rings (SSSR count). The van der Waals surface area contributed by atoms with Crippen LogP contribution in [0.4, 0.5) is 4.39 Å². The van der Waals surface area contributed by atoms with Crippen LogP contribution >= 0.6 is 0 Å². The fourth-order valence-electron chi connectivity index (χ4n) is 4.05. The minimum Gasteiger partial charge on any atom is -0.504 e. The molecule has 4 aromatic rings. The van der Waals surface area contributed by atoms with E-state index in [9.17, 15) is 14.3 Å². The molecule has 1 N–H and O–H groups in total. The summed E-state index contributed by atoms with van der Waals surface area (Å²) in [6, 6.07) is 27.7. The van der Waals surface area contributed by atoms with Crippen molar-refractivity contribution in [3.05, 3.63) is 102 Å². The van der Waals surface area contributed by atoms with Gasteiger partial charge in [0, 0.05) is 12.0 Å². The van der Waals surface area contributed by atoms with Crippen LogP contribution in [0.3, 0.4) is 0 Å². The summed E-state index contributed by atoms with van der Waals surface area (Å²) in [6.45, 7) is 3.87. The summed E-state index contributed by atoms with van der Waals surface area (Å²) in [7, 11) is 0. The second-order valence-corrected chi connectivity index (χ2v) is 8.20. The van der Waals surface area contributed by atoms with E-state index >= 15 is 0 Å². The van der Waals surface area contributed by atoms with Gasteiger partial charge in [-0.15, -0.1) is 0 Å². The quantitative estimate of drug-likeness (QED) is 0.296. The monoisotopic (exact) mass is 438 g/mol. The summed E-state index contributed by atoms with van der Waals surface area (Å²) in [5.74, 6) is -1.63. The zero-order chi connectivity index (χ0) is 23.4. The Labute approximate surface area is 194 Å². The molecule has 0 heterocycles. The molecule has 0 aliphatic rings. The summed E-state index contributed by atoms with van der Waals surface area (Å²) in [4.78, 5) is 11.9. The predicted octanol–water partition coefficient (Wildman–Crippen LogP) is 8.08. The Balaban J connectivity index is 1.55. The molecule has 3 heteroatoms. The molecule has 2 nitrogen and oxygen atoms in total. The number of halogens is 1. The first-order chi connectivity index (χ1) is 16.0. The van der Waals surface area contributed by atoms with Crippen LogP contribution in [0.2, 0.25) is 0 Å². The predicted molar refractivity (Wildman–Crippen MR) is 133 cm³/mol. The van der Waals surface area contributed by atoms with Crippen molar-refractivity contribution in [1.82, 2.24) is 0 Å². The van der Waals surface area contributed by atoms with Gasteiger partial charge >= 0.3 is 0 Å². The van der Waals surface area contributed by atoms with Gasteiger partial charge in [-0.2, -0.15) is 0 Å². The van der Waals surface area contributed by atoms with Crippen molar-refractivity contribution in [1.29, 1.82) is 0 Å². The lowest BCUT2D eigenvalue weighted by molar-refractivity contribution is 0.0985. The van der Waals surface area contributed by atoms with Crippen LogP contribution < -0.4 is 0 Å². The zero-order valence-corrected chi connectivity index (χ0v) is 18.9. The molecule has 0 amide bonds. The molecule has 33 heavy (non-hydrogen) atoms. The summed E-state index contributed by atoms with van der Waals surface area (Å²) in [5.41, 5.74) is 6.74. The first-order valence-electron chi connectivity index (χ1n) is 11.4. The average molecular weight is 439 g/mol. The molecule has 0 fully saturated rings. The van der Waals surface area contributed by atoms with Crippen LogP contribution in [0, 0.1) is 5.82 Å². The van der Waals surface area contributed by atoms with Crippen molar-refractivity contribution >= 4 is 5.78 Å². The van der Waals surface area contributed by atoms with E-state index in [1.807, 2.05) is 24.3 Å². The molecule has 166 valence electrons. The molecule has 0 bridgehead atoms. The zero-order valence-electron chi connectivity index (χ0n) is 18.9. The highest BCUT2D eigenvalue weighted by Crippen LogP contribution is 2.33. The van der Waals surface area contributed by atoms with Gasteiger partial charge in [0.2, 0.25) is 0 Å². The Morgan fingerprint density at radius 2 is 1.15 bits per heavy atom. The van der Waals surface area contributed by atoms with Gasteiger partial charge in [0.25, 0.3) is 0 Å². The van der Waals surface area contributed by atoms with E-state index in [1.165, 1.54) is 17.2 Å². The highest BCUT2D eigenvalue weighted by molar-refractivity contribution is 5.99. The van der Waals surface area contributed by atoms with E-state index in [4.69, 9.17) is 0 Å². The number of ketones is 1. The summed E-state index contributed by atoms with van der Waals surface area (Å²) < 4.78 is 14.7. The van der Waals surface area contributed by atoms with Crippen molar-refractivity contribution < 1.29 is 14.3 Å². The number of phenolic OH excluding ortho intramolecular Hbond substituents is 1. The molecule has 0 aromatic heterocycles. The van der Waals surface area contributed by atoms with Gasteiger partial charge in [-0.05, 0) is 45.9 Å². The van der Waals surface area contributed by atoms with Crippen molar-refractivity contribution in [2.45, 2.75) is 33.1 Å². The molecule has 0 aliphatic carbocycles. The number of hydrogen-bond donors (Lipinski definition) is 1. The van der Waals surface area contributed by atoms with Gasteiger partial charge in [-0.3, -0.25) is 4.79 Å². The highest BCUT2D eigenvalue weighted by Gasteiger charge is 2.17. The van der Waals surface area contributed by atoms with Crippen LogP contribution in [0.1, 0.15) is 42.6 Å². The number of Topliss-reactive ketones (excluding diaryl/α,β-unsaturated/α-hetero) is 1. The number of phenols is 1. The molecular formula is C30H27FO2. The SMILES string of the molecule is CCCc1ccc(-c2ccc(-c3ccc(-c4ccc(C(=O)CC)c(O)c4F)cc3)cc2)cc1. The van der Waals surface area contributed by atoms with Gasteiger partial charge < -0.3 is 5.11 Å². The van der Waals surface area contributed by atoms with Crippen LogP contribution in [-0.2, 0) is 6.42 Å². The maximum atomic E-state index is 14.7. The van der Waals surface area contributed by atoms with Crippen LogP contribution in [-0.4, -0.2) is 10.9 Å². The van der Waals surface area contributed by atoms with Crippen molar-refractivity contribution in [2.75, 3.05) is 0 Å². The molecule has 0 atom stereocenters. The van der Waals surface area contributed by atoms with Crippen LogP contribution in [0.5, 0.6) is 5.75 Å². The first kappa shape index (κ1) is 22.5. The molecule has 0 aliphatic heterocycles. The van der Waals surface area contributed by atoms with Crippen LogP contribution in [0.25, 0.3) is 33.4 Å².